The Bertz CT molecular complexity index is 1040. The molecule has 0 aromatic heterocycles. The number of hydrogen-bond donors (Lipinski definition) is 0. The van der Waals surface area contributed by atoms with E-state index in [-0.39, 0.29) is 31.1 Å². The van der Waals surface area contributed by atoms with Crippen LogP contribution in [-0.4, -0.2) is 37.2 Å². The van der Waals surface area contributed by atoms with Crippen LogP contribution in [0.2, 0.25) is 0 Å². The molecular formula is C64H124O6. The molecule has 0 saturated carbocycles. The normalized spacial score (nSPS) is 11.9. The van der Waals surface area contributed by atoms with Crippen molar-refractivity contribution in [3.05, 3.63) is 0 Å². The Hall–Kier alpha value is -1.59. The molecule has 0 aliphatic heterocycles. The van der Waals surface area contributed by atoms with Crippen LogP contribution >= 0.6 is 0 Å². The van der Waals surface area contributed by atoms with E-state index >= 15 is 0 Å². The number of carbonyl (C=O) groups is 3. The molecule has 0 aliphatic carbocycles. The topological polar surface area (TPSA) is 78.9 Å². The highest BCUT2D eigenvalue weighted by Crippen LogP contribution is 2.19. The van der Waals surface area contributed by atoms with E-state index in [1.807, 2.05) is 0 Å². The molecule has 0 spiro atoms. The van der Waals surface area contributed by atoms with Gasteiger partial charge in [0.1, 0.15) is 13.2 Å². The van der Waals surface area contributed by atoms with Gasteiger partial charge in [-0.25, -0.2) is 0 Å². The maximum atomic E-state index is 12.9. The third kappa shape index (κ3) is 57.3. The molecule has 0 saturated heterocycles. The molecule has 6 heteroatoms. The SMILES string of the molecule is CCCCCCCCCCCCCCCCCCCCCCC(=O)OCC(COC(=O)CCCCCCCCCCCCCCCC)OC(=O)CCCCCCCCCCCCCCCCCCCC. The Morgan fingerprint density at radius 3 is 0.571 bits per heavy atom. The monoisotopic (exact) mass is 989 g/mol. The first-order chi connectivity index (χ1) is 34.5. The Labute approximate surface area is 438 Å². The minimum atomic E-state index is -0.762. The average molecular weight is 990 g/mol. The molecule has 1 unspecified atom stereocenters. The second-order valence-electron chi connectivity index (χ2n) is 22.1. The van der Waals surface area contributed by atoms with Gasteiger partial charge in [0.15, 0.2) is 6.10 Å². The van der Waals surface area contributed by atoms with E-state index < -0.39 is 6.10 Å². The summed E-state index contributed by atoms with van der Waals surface area (Å²) >= 11 is 0. The average Bonchev–Trinajstić information content (AvgIpc) is 3.36. The van der Waals surface area contributed by atoms with Crippen molar-refractivity contribution in [2.24, 2.45) is 0 Å². The van der Waals surface area contributed by atoms with Gasteiger partial charge in [0.05, 0.1) is 0 Å². The number of rotatable bonds is 60. The molecule has 0 heterocycles. The molecule has 0 aromatic rings. The van der Waals surface area contributed by atoms with E-state index in [1.54, 1.807) is 0 Å². The van der Waals surface area contributed by atoms with Crippen LogP contribution in [0.5, 0.6) is 0 Å². The summed E-state index contributed by atoms with van der Waals surface area (Å²) in [5.74, 6) is -0.825. The molecule has 70 heavy (non-hydrogen) atoms. The number of esters is 3. The summed E-state index contributed by atoms with van der Waals surface area (Å²) in [7, 11) is 0. The molecule has 0 aromatic carbocycles. The van der Waals surface area contributed by atoms with Crippen molar-refractivity contribution in [2.75, 3.05) is 13.2 Å². The van der Waals surface area contributed by atoms with Crippen LogP contribution in [0.25, 0.3) is 0 Å². The molecule has 0 rings (SSSR count). The lowest BCUT2D eigenvalue weighted by Gasteiger charge is -2.18. The van der Waals surface area contributed by atoms with Crippen LogP contribution < -0.4 is 0 Å². The highest BCUT2D eigenvalue weighted by molar-refractivity contribution is 5.71. The van der Waals surface area contributed by atoms with Crippen LogP contribution in [0.4, 0.5) is 0 Å². The third-order valence-electron chi connectivity index (χ3n) is 14.9. The summed E-state index contributed by atoms with van der Waals surface area (Å²) in [5.41, 5.74) is 0. The second-order valence-corrected chi connectivity index (χ2v) is 22.1. The molecule has 1 atom stereocenters. The fraction of sp³-hybridized carbons (Fsp3) is 0.953. The molecule has 0 amide bonds. The Morgan fingerprint density at radius 2 is 0.386 bits per heavy atom. The van der Waals surface area contributed by atoms with Gasteiger partial charge >= 0.3 is 17.9 Å². The lowest BCUT2D eigenvalue weighted by atomic mass is 10.0. The van der Waals surface area contributed by atoms with Crippen molar-refractivity contribution < 1.29 is 28.6 Å². The van der Waals surface area contributed by atoms with Crippen LogP contribution in [-0.2, 0) is 28.6 Å². The molecular weight excluding hydrogens is 865 g/mol. The predicted octanol–water partition coefficient (Wildman–Crippen LogP) is 21.5. The number of unbranched alkanes of at least 4 members (excludes halogenated alkanes) is 49. The van der Waals surface area contributed by atoms with Crippen LogP contribution in [0.15, 0.2) is 0 Å². The van der Waals surface area contributed by atoms with E-state index in [0.29, 0.717) is 19.3 Å². The molecule has 416 valence electrons. The van der Waals surface area contributed by atoms with E-state index in [2.05, 4.69) is 20.8 Å². The maximum Gasteiger partial charge on any atom is 0.306 e. The summed E-state index contributed by atoms with van der Waals surface area (Å²) in [6.07, 6.45) is 68.2. The minimum Gasteiger partial charge on any atom is -0.462 e. The summed E-state index contributed by atoms with van der Waals surface area (Å²) in [4.78, 5) is 38.3. The largest absolute Gasteiger partial charge is 0.462 e. The summed E-state index contributed by atoms with van der Waals surface area (Å²) in [5, 5.41) is 0. The van der Waals surface area contributed by atoms with E-state index in [0.717, 1.165) is 57.8 Å². The van der Waals surface area contributed by atoms with Crippen molar-refractivity contribution in [3.63, 3.8) is 0 Å². The predicted molar refractivity (Wildman–Crippen MR) is 303 cm³/mol. The summed E-state index contributed by atoms with van der Waals surface area (Å²) in [6.45, 7) is 6.73. The zero-order valence-corrected chi connectivity index (χ0v) is 47.8. The lowest BCUT2D eigenvalue weighted by Crippen LogP contribution is -2.30. The molecule has 0 bridgehead atoms. The maximum absolute atomic E-state index is 12.9. The van der Waals surface area contributed by atoms with Crippen LogP contribution in [0, 0.1) is 0 Å². The van der Waals surface area contributed by atoms with Crippen LogP contribution in [0.3, 0.4) is 0 Å². The van der Waals surface area contributed by atoms with Gasteiger partial charge in [0.25, 0.3) is 0 Å². The Morgan fingerprint density at radius 1 is 0.229 bits per heavy atom. The van der Waals surface area contributed by atoms with Gasteiger partial charge in [0, 0.05) is 19.3 Å². The molecule has 0 radical (unpaired) electrons. The molecule has 0 N–H and O–H groups in total. The van der Waals surface area contributed by atoms with Crippen molar-refractivity contribution in [1.29, 1.82) is 0 Å². The standard InChI is InChI=1S/C64H124O6/c1-4-7-10-13-16-19-22-25-28-30-32-33-35-36-39-42-45-48-51-54-57-63(66)69-60-61(59-68-62(65)56-53-50-47-44-41-38-27-24-21-18-15-12-9-6-3)70-64(67)58-55-52-49-46-43-40-37-34-31-29-26-23-20-17-14-11-8-5-2/h61H,4-60H2,1-3H3. The highest BCUT2D eigenvalue weighted by Gasteiger charge is 2.19. The first kappa shape index (κ1) is 68.4. The number of ether oxygens (including phenoxy) is 3. The first-order valence-corrected chi connectivity index (χ1v) is 32.0. The van der Waals surface area contributed by atoms with Crippen molar-refractivity contribution in [1.82, 2.24) is 0 Å². The Balaban J connectivity index is 4.26. The van der Waals surface area contributed by atoms with E-state index in [1.165, 1.54) is 276 Å². The van der Waals surface area contributed by atoms with Crippen molar-refractivity contribution in [3.8, 4) is 0 Å². The fourth-order valence-electron chi connectivity index (χ4n) is 10.0. The first-order valence-electron chi connectivity index (χ1n) is 32.0. The van der Waals surface area contributed by atoms with E-state index in [9.17, 15) is 14.4 Å². The van der Waals surface area contributed by atoms with Crippen molar-refractivity contribution >= 4 is 17.9 Å². The van der Waals surface area contributed by atoms with Crippen LogP contribution in [0.1, 0.15) is 374 Å². The van der Waals surface area contributed by atoms with Crippen molar-refractivity contribution in [2.45, 2.75) is 380 Å². The molecule has 0 fully saturated rings. The van der Waals surface area contributed by atoms with Gasteiger partial charge in [-0.2, -0.15) is 0 Å². The van der Waals surface area contributed by atoms with Gasteiger partial charge in [-0.1, -0.05) is 335 Å². The summed E-state index contributed by atoms with van der Waals surface area (Å²) in [6, 6.07) is 0. The zero-order valence-electron chi connectivity index (χ0n) is 47.8. The summed E-state index contributed by atoms with van der Waals surface area (Å²) < 4.78 is 17.0. The molecule has 6 nitrogen and oxygen atoms in total. The third-order valence-corrected chi connectivity index (χ3v) is 14.9. The van der Waals surface area contributed by atoms with Gasteiger partial charge in [0.2, 0.25) is 0 Å². The second kappa shape index (κ2) is 60.0. The Kier molecular flexibility index (Phi) is 58.6. The quantitative estimate of drug-likeness (QED) is 0.0343. The smallest absolute Gasteiger partial charge is 0.306 e. The highest BCUT2D eigenvalue weighted by atomic mass is 16.6. The van der Waals surface area contributed by atoms with E-state index in [4.69, 9.17) is 14.2 Å². The van der Waals surface area contributed by atoms with Gasteiger partial charge in [-0.05, 0) is 19.3 Å². The number of carbonyl (C=O) groups excluding carboxylic acids is 3. The fourth-order valence-corrected chi connectivity index (χ4v) is 10.0. The molecule has 0 aliphatic rings. The number of hydrogen-bond acceptors (Lipinski definition) is 6. The lowest BCUT2D eigenvalue weighted by molar-refractivity contribution is -0.167. The zero-order chi connectivity index (χ0) is 50.7. The van der Waals surface area contributed by atoms with Gasteiger partial charge < -0.3 is 14.2 Å². The minimum absolute atomic E-state index is 0.0605. The van der Waals surface area contributed by atoms with Gasteiger partial charge in [-0.3, -0.25) is 14.4 Å². The van der Waals surface area contributed by atoms with Gasteiger partial charge in [-0.15, -0.1) is 0 Å².